The van der Waals surface area contributed by atoms with Crippen molar-refractivity contribution in [3.05, 3.63) is 12.3 Å². The largest absolute Gasteiger partial charge is 0.368 e. The molecule has 2 heterocycles. The molecule has 18 heavy (non-hydrogen) atoms. The van der Waals surface area contributed by atoms with Crippen LogP contribution >= 0.6 is 0 Å². The molecule has 0 aliphatic carbocycles. The summed E-state index contributed by atoms with van der Waals surface area (Å²) in [5, 5.41) is 3.34. The number of hydrogen-bond donors (Lipinski definition) is 1. The van der Waals surface area contributed by atoms with E-state index in [4.69, 9.17) is 0 Å². The first kappa shape index (κ1) is 13.1. The van der Waals surface area contributed by atoms with Crippen molar-refractivity contribution in [3.63, 3.8) is 0 Å². The van der Waals surface area contributed by atoms with Gasteiger partial charge in [-0.25, -0.2) is 4.98 Å². The summed E-state index contributed by atoms with van der Waals surface area (Å²) in [4.78, 5) is 11.5. The van der Waals surface area contributed by atoms with E-state index in [0.717, 1.165) is 18.3 Å². The highest BCUT2D eigenvalue weighted by Crippen LogP contribution is 2.24. The van der Waals surface area contributed by atoms with E-state index in [2.05, 4.69) is 41.0 Å². The summed E-state index contributed by atoms with van der Waals surface area (Å²) in [6, 6.07) is 2.94. The highest BCUT2D eigenvalue weighted by molar-refractivity contribution is 5.42. The zero-order valence-electron chi connectivity index (χ0n) is 11.7. The minimum absolute atomic E-state index is 0.399. The Bertz CT molecular complexity index is 378. The third-order valence-electron chi connectivity index (χ3n) is 3.43. The lowest BCUT2D eigenvalue weighted by Crippen LogP contribution is -2.40. The Balaban J connectivity index is 2.15. The summed E-state index contributed by atoms with van der Waals surface area (Å²) in [6.45, 7) is 7.58. The fourth-order valence-electron chi connectivity index (χ4n) is 2.55. The van der Waals surface area contributed by atoms with Crippen molar-refractivity contribution >= 4 is 11.8 Å². The van der Waals surface area contributed by atoms with Crippen molar-refractivity contribution in [2.24, 2.45) is 0 Å². The van der Waals surface area contributed by atoms with Gasteiger partial charge in [-0.1, -0.05) is 6.92 Å². The molecular formula is C14H24N4. The van der Waals surface area contributed by atoms with Crippen LogP contribution in [0.15, 0.2) is 12.3 Å². The molecule has 0 amide bonds. The quantitative estimate of drug-likeness (QED) is 0.889. The molecule has 0 saturated carbocycles. The van der Waals surface area contributed by atoms with Crippen LogP contribution in [0.3, 0.4) is 0 Å². The highest BCUT2D eigenvalue weighted by atomic mass is 15.3. The SMILES string of the molecule is CCC1CCCCN1c1nccc(NC(C)C)n1. The van der Waals surface area contributed by atoms with Crippen LogP contribution in [0.25, 0.3) is 0 Å². The molecule has 1 fully saturated rings. The number of hydrogen-bond acceptors (Lipinski definition) is 4. The summed E-state index contributed by atoms with van der Waals surface area (Å²) in [5.74, 6) is 1.81. The minimum atomic E-state index is 0.399. The van der Waals surface area contributed by atoms with Gasteiger partial charge in [-0.2, -0.15) is 4.98 Å². The first-order valence-corrected chi connectivity index (χ1v) is 7.07. The number of piperidine rings is 1. The van der Waals surface area contributed by atoms with Crippen LogP contribution in [0.1, 0.15) is 46.5 Å². The molecule has 1 aromatic rings. The smallest absolute Gasteiger partial charge is 0.227 e. The zero-order chi connectivity index (χ0) is 13.0. The second-order valence-corrected chi connectivity index (χ2v) is 5.29. The molecule has 0 radical (unpaired) electrons. The highest BCUT2D eigenvalue weighted by Gasteiger charge is 2.23. The first-order chi connectivity index (χ1) is 8.70. The Labute approximate surface area is 110 Å². The van der Waals surface area contributed by atoms with Gasteiger partial charge in [0.1, 0.15) is 5.82 Å². The molecule has 1 aliphatic rings. The number of anilines is 2. The van der Waals surface area contributed by atoms with E-state index in [0.29, 0.717) is 12.1 Å². The van der Waals surface area contributed by atoms with Crippen molar-refractivity contribution in [2.75, 3.05) is 16.8 Å². The van der Waals surface area contributed by atoms with Gasteiger partial charge in [0.25, 0.3) is 0 Å². The number of nitrogens with zero attached hydrogens (tertiary/aromatic N) is 3. The summed E-state index contributed by atoms with van der Waals surface area (Å²) >= 11 is 0. The maximum atomic E-state index is 4.64. The molecule has 4 nitrogen and oxygen atoms in total. The Kier molecular flexibility index (Phi) is 4.39. The van der Waals surface area contributed by atoms with Crippen molar-refractivity contribution in [2.45, 2.75) is 58.5 Å². The van der Waals surface area contributed by atoms with Crippen LogP contribution in [0.4, 0.5) is 11.8 Å². The maximum absolute atomic E-state index is 4.64. The normalized spacial score (nSPS) is 20.2. The molecule has 1 aliphatic heterocycles. The topological polar surface area (TPSA) is 41.1 Å². The molecule has 1 N–H and O–H groups in total. The lowest BCUT2D eigenvalue weighted by atomic mass is 10.0. The Hall–Kier alpha value is -1.32. The summed E-state index contributed by atoms with van der Waals surface area (Å²) in [5.41, 5.74) is 0. The fraction of sp³-hybridized carbons (Fsp3) is 0.714. The molecule has 1 saturated heterocycles. The molecule has 1 aromatic heterocycles. The van der Waals surface area contributed by atoms with Crippen LogP contribution in [0.5, 0.6) is 0 Å². The van der Waals surface area contributed by atoms with Crippen molar-refractivity contribution < 1.29 is 0 Å². The maximum Gasteiger partial charge on any atom is 0.227 e. The van der Waals surface area contributed by atoms with E-state index >= 15 is 0 Å². The second-order valence-electron chi connectivity index (χ2n) is 5.29. The van der Waals surface area contributed by atoms with E-state index < -0.39 is 0 Å². The second kappa shape index (κ2) is 6.03. The van der Waals surface area contributed by atoms with E-state index in [1.165, 1.54) is 25.7 Å². The monoisotopic (exact) mass is 248 g/mol. The van der Waals surface area contributed by atoms with Gasteiger partial charge in [-0.05, 0) is 45.6 Å². The minimum Gasteiger partial charge on any atom is -0.368 e. The van der Waals surface area contributed by atoms with E-state index in [9.17, 15) is 0 Å². The van der Waals surface area contributed by atoms with Crippen LogP contribution in [-0.2, 0) is 0 Å². The first-order valence-electron chi connectivity index (χ1n) is 7.07. The zero-order valence-corrected chi connectivity index (χ0v) is 11.7. The molecule has 1 unspecified atom stereocenters. The standard InChI is InChI=1S/C14H24N4/c1-4-12-7-5-6-10-18(12)14-15-9-8-13(17-14)16-11(2)3/h8-9,11-12H,4-7,10H2,1-3H3,(H,15,16,17). The van der Waals surface area contributed by atoms with Gasteiger partial charge in [-0.15, -0.1) is 0 Å². The van der Waals surface area contributed by atoms with Crippen molar-refractivity contribution in [1.29, 1.82) is 0 Å². The van der Waals surface area contributed by atoms with Gasteiger partial charge in [0.05, 0.1) is 0 Å². The van der Waals surface area contributed by atoms with Gasteiger partial charge in [0, 0.05) is 24.8 Å². The fourth-order valence-corrected chi connectivity index (χ4v) is 2.55. The van der Waals surface area contributed by atoms with Crippen molar-refractivity contribution in [1.82, 2.24) is 9.97 Å². The number of aromatic nitrogens is 2. The third-order valence-corrected chi connectivity index (χ3v) is 3.43. The molecular weight excluding hydrogens is 224 g/mol. The van der Waals surface area contributed by atoms with Gasteiger partial charge < -0.3 is 10.2 Å². The van der Waals surface area contributed by atoms with Crippen molar-refractivity contribution in [3.8, 4) is 0 Å². The number of rotatable bonds is 4. The third kappa shape index (κ3) is 3.12. The van der Waals surface area contributed by atoms with E-state index in [1.807, 2.05) is 12.3 Å². The molecule has 0 bridgehead atoms. The van der Waals surface area contributed by atoms with Gasteiger partial charge in [0.15, 0.2) is 0 Å². The van der Waals surface area contributed by atoms with Crippen LogP contribution in [-0.4, -0.2) is 28.6 Å². The molecule has 0 aromatic carbocycles. The predicted octanol–water partition coefficient (Wildman–Crippen LogP) is 3.07. The van der Waals surface area contributed by atoms with Gasteiger partial charge in [-0.3, -0.25) is 0 Å². The molecule has 0 spiro atoms. The van der Waals surface area contributed by atoms with Crippen LogP contribution in [0, 0.1) is 0 Å². The van der Waals surface area contributed by atoms with E-state index in [1.54, 1.807) is 0 Å². The molecule has 2 rings (SSSR count). The Morgan fingerprint density at radius 3 is 3.00 bits per heavy atom. The summed E-state index contributed by atoms with van der Waals surface area (Å²) < 4.78 is 0. The predicted molar refractivity (Wildman–Crippen MR) is 76.1 cm³/mol. The average Bonchev–Trinajstić information content (AvgIpc) is 2.38. The lowest BCUT2D eigenvalue weighted by Gasteiger charge is -2.35. The Morgan fingerprint density at radius 1 is 1.44 bits per heavy atom. The molecule has 100 valence electrons. The summed E-state index contributed by atoms with van der Waals surface area (Å²) in [7, 11) is 0. The molecule has 4 heteroatoms. The average molecular weight is 248 g/mol. The van der Waals surface area contributed by atoms with E-state index in [-0.39, 0.29) is 0 Å². The van der Waals surface area contributed by atoms with Gasteiger partial charge in [0.2, 0.25) is 5.95 Å². The summed E-state index contributed by atoms with van der Waals surface area (Å²) in [6.07, 6.45) is 6.88. The lowest BCUT2D eigenvalue weighted by molar-refractivity contribution is 0.443. The van der Waals surface area contributed by atoms with Crippen LogP contribution in [0.2, 0.25) is 0 Å². The Morgan fingerprint density at radius 2 is 2.28 bits per heavy atom. The number of nitrogens with one attached hydrogen (secondary N) is 1. The van der Waals surface area contributed by atoms with Crippen LogP contribution < -0.4 is 10.2 Å². The van der Waals surface area contributed by atoms with Gasteiger partial charge >= 0.3 is 0 Å². The molecule has 1 atom stereocenters.